The first-order chi connectivity index (χ1) is 14.9. The monoisotopic (exact) mass is 422 g/mol. The molecule has 0 bridgehead atoms. The standard InChI is InChI=1S/C24H23FN2O4/c25-18-2-1-3-19(10-18)31-20-9-17-12-27(14-24(17,30)11-20)13-22(28)16-4-6-21-15(8-16)5-7-23(29)26-21/h1-4,6,8-11,22,28,30H,5,7,12-14H2,(H,26,29)/t22-,24-/m0/s1. The van der Waals surface area contributed by atoms with Crippen LogP contribution in [0.2, 0.25) is 0 Å². The number of β-amino-alcohol motifs (C(OH)–C–C–N with tert-alkyl or cyclic N) is 2. The number of aliphatic hydroxyl groups excluding tert-OH is 1. The third-order valence-electron chi connectivity index (χ3n) is 5.98. The summed E-state index contributed by atoms with van der Waals surface area (Å²) in [4.78, 5) is 13.5. The van der Waals surface area contributed by atoms with Gasteiger partial charge in [-0.05, 0) is 53.5 Å². The zero-order valence-electron chi connectivity index (χ0n) is 16.8. The quantitative estimate of drug-likeness (QED) is 0.690. The Bertz CT molecular complexity index is 1110. The Morgan fingerprint density at radius 1 is 1.23 bits per heavy atom. The van der Waals surface area contributed by atoms with Gasteiger partial charge in [0.1, 0.15) is 22.9 Å². The number of allylic oxidation sites excluding steroid dienone is 1. The summed E-state index contributed by atoms with van der Waals surface area (Å²) in [6, 6.07) is 11.5. The van der Waals surface area contributed by atoms with Crippen molar-refractivity contribution in [3.63, 3.8) is 0 Å². The molecule has 0 saturated carbocycles. The Kier molecular flexibility index (Phi) is 4.89. The molecule has 2 atom stereocenters. The van der Waals surface area contributed by atoms with Gasteiger partial charge in [0.2, 0.25) is 5.91 Å². The average Bonchev–Trinajstić information content (AvgIpc) is 3.17. The Morgan fingerprint density at radius 3 is 2.90 bits per heavy atom. The molecule has 1 saturated heterocycles. The van der Waals surface area contributed by atoms with Crippen molar-refractivity contribution >= 4 is 11.6 Å². The largest absolute Gasteiger partial charge is 0.457 e. The van der Waals surface area contributed by atoms with E-state index in [0.29, 0.717) is 44.0 Å². The van der Waals surface area contributed by atoms with Crippen molar-refractivity contribution in [1.82, 2.24) is 4.90 Å². The van der Waals surface area contributed by atoms with E-state index in [4.69, 9.17) is 4.74 Å². The van der Waals surface area contributed by atoms with E-state index < -0.39 is 11.7 Å². The lowest BCUT2D eigenvalue weighted by Crippen LogP contribution is -2.33. The maximum absolute atomic E-state index is 13.4. The first kappa shape index (κ1) is 19.9. The number of nitrogens with one attached hydrogen (secondary N) is 1. The Morgan fingerprint density at radius 2 is 2.10 bits per heavy atom. The van der Waals surface area contributed by atoms with Gasteiger partial charge in [-0.2, -0.15) is 0 Å². The third-order valence-corrected chi connectivity index (χ3v) is 5.98. The summed E-state index contributed by atoms with van der Waals surface area (Å²) >= 11 is 0. The highest BCUT2D eigenvalue weighted by atomic mass is 19.1. The number of aryl methyl sites for hydroxylation is 1. The molecule has 1 aliphatic carbocycles. The number of carbonyl (C=O) groups excluding carboxylic acids is 1. The fraction of sp³-hybridized carbons (Fsp3) is 0.292. The summed E-state index contributed by atoms with van der Waals surface area (Å²) in [6.45, 7) is 1.21. The number of likely N-dealkylation sites (tertiary alicyclic amines) is 1. The van der Waals surface area contributed by atoms with Gasteiger partial charge in [0.05, 0.1) is 6.10 Å². The van der Waals surface area contributed by atoms with E-state index in [1.165, 1.54) is 12.1 Å². The molecule has 6 nitrogen and oxygen atoms in total. The molecule has 3 N–H and O–H groups in total. The number of halogens is 1. The van der Waals surface area contributed by atoms with Gasteiger partial charge in [0, 0.05) is 37.8 Å². The lowest BCUT2D eigenvalue weighted by atomic mass is 9.98. The molecule has 3 aliphatic rings. The van der Waals surface area contributed by atoms with Crippen molar-refractivity contribution in [1.29, 1.82) is 0 Å². The van der Waals surface area contributed by atoms with Crippen molar-refractivity contribution in [2.75, 3.05) is 25.0 Å². The molecular weight excluding hydrogens is 399 g/mol. The van der Waals surface area contributed by atoms with Gasteiger partial charge >= 0.3 is 0 Å². The third kappa shape index (κ3) is 3.99. The zero-order valence-corrected chi connectivity index (χ0v) is 16.8. The van der Waals surface area contributed by atoms with Gasteiger partial charge in [-0.25, -0.2) is 4.39 Å². The Balaban J connectivity index is 1.23. The smallest absolute Gasteiger partial charge is 0.224 e. The fourth-order valence-corrected chi connectivity index (χ4v) is 4.45. The number of ether oxygens (including phenoxy) is 1. The number of nitrogens with zero attached hydrogens (tertiary/aromatic N) is 1. The second-order valence-electron chi connectivity index (χ2n) is 8.35. The van der Waals surface area contributed by atoms with Gasteiger partial charge in [-0.3, -0.25) is 9.69 Å². The van der Waals surface area contributed by atoms with Gasteiger partial charge in [-0.15, -0.1) is 0 Å². The molecular formula is C24H23FN2O4. The maximum atomic E-state index is 13.4. The number of amides is 1. The van der Waals surface area contributed by atoms with Crippen LogP contribution in [0.15, 0.2) is 65.9 Å². The predicted octanol–water partition coefficient (Wildman–Crippen LogP) is 2.69. The van der Waals surface area contributed by atoms with Crippen LogP contribution in [0.5, 0.6) is 5.75 Å². The lowest BCUT2D eigenvalue weighted by molar-refractivity contribution is -0.116. The van der Waals surface area contributed by atoms with Crippen molar-refractivity contribution in [3.8, 4) is 5.75 Å². The number of carbonyl (C=O) groups is 1. The van der Waals surface area contributed by atoms with E-state index in [1.54, 1.807) is 24.3 Å². The molecule has 2 aliphatic heterocycles. The van der Waals surface area contributed by atoms with Crippen LogP contribution in [-0.4, -0.2) is 46.3 Å². The summed E-state index contributed by atoms with van der Waals surface area (Å²) in [5, 5.41) is 24.6. The molecule has 5 rings (SSSR count). The average molecular weight is 422 g/mol. The van der Waals surface area contributed by atoms with E-state index in [2.05, 4.69) is 5.32 Å². The molecule has 0 spiro atoms. The molecule has 1 fully saturated rings. The highest BCUT2D eigenvalue weighted by Crippen LogP contribution is 2.37. The zero-order chi connectivity index (χ0) is 21.6. The molecule has 2 aromatic carbocycles. The van der Waals surface area contributed by atoms with E-state index in [1.807, 2.05) is 23.1 Å². The van der Waals surface area contributed by atoms with Crippen LogP contribution in [-0.2, 0) is 11.2 Å². The first-order valence-corrected chi connectivity index (χ1v) is 10.3. The van der Waals surface area contributed by atoms with Crippen molar-refractivity contribution < 1.29 is 24.1 Å². The fourth-order valence-electron chi connectivity index (χ4n) is 4.45. The van der Waals surface area contributed by atoms with E-state index in [9.17, 15) is 19.4 Å². The van der Waals surface area contributed by atoms with Crippen molar-refractivity contribution in [2.24, 2.45) is 0 Å². The molecule has 0 unspecified atom stereocenters. The second kappa shape index (κ2) is 7.60. The topological polar surface area (TPSA) is 82.0 Å². The van der Waals surface area contributed by atoms with E-state index >= 15 is 0 Å². The molecule has 2 aromatic rings. The number of hydrogen-bond donors (Lipinski definition) is 3. The van der Waals surface area contributed by atoms with Crippen molar-refractivity contribution in [2.45, 2.75) is 24.5 Å². The highest BCUT2D eigenvalue weighted by Gasteiger charge is 2.43. The van der Waals surface area contributed by atoms with Gasteiger partial charge in [0.15, 0.2) is 0 Å². The van der Waals surface area contributed by atoms with Crippen molar-refractivity contribution in [3.05, 3.63) is 82.9 Å². The molecule has 7 heteroatoms. The van der Waals surface area contributed by atoms with Crippen LogP contribution in [0.1, 0.15) is 23.7 Å². The van der Waals surface area contributed by atoms with Gasteiger partial charge in [0.25, 0.3) is 0 Å². The number of anilines is 1. The van der Waals surface area contributed by atoms with Crippen LogP contribution in [0.4, 0.5) is 10.1 Å². The minimum absolute atomic E-state index is 0.0136. The van der Waals surface area contributed by atoms with Crippen LogP contribution in [0, 0.1) is 5.82 Å². The summed E-state index contributed by atoms with van der Waals surface area (Å²) in [7, 11) is 0. The first-order valence-electron chi connectivity index (χ1n) is 10.3. The number of benzene rings is 2. The van der Waals surface area contributed by atoms with E-state index in [-0.39, 0.29) is 11.7 Å². The van der Waals surface area contributed by atoms with Crippen LogP contribution >= 0.6 is 0 Å². The lowest BCUT2D eigenvalue weighted by Gasteiger charge is -2.23. The summed E-state index contributed by atoms with van der Waals surface area (Å²) < 4.78 is 19.0. The van der Waals surface area contributed by atoms with Gasteiger partial charge in [-0.1, -0.05) is 18.2 Å². The molecule has 1 amide bonds. The van der Waals surface area contributed by atoms with Crippen LogP contribution in [0.25, 0.3) is 0 Å². The minimum Gasteiger partial charge on any atom is -0.457 e. The second-order valence-corrected chi connectivity index (χ2v) is 8.35. The normalized spacial score (nSPS) is 23.5. The molecule has 0 radical (unpaired) electrons. The minimum atomic E-state index is -1.15. The number of fused-ring (bicyclic) bond motifs is 2. The summed E-state index contributed by atoms with van der Waals surface area (Å²) in [6.07, 6.45) is 3.82. The van der Waals surface area contributed by atoms with Gasteiger partial charge < -0.3 is 20.3 Å². The molecule has 2 heterocycles. The molecule has 160 valence electrons. The molecule has 0 aromatic heterocycles. The number of rotatable bonds is 5. The number of hydrogen-bond acceptors (Lipinski definition) is 5. The highest BCUT2D eigenvalue weighted by molar-refractivity contribution is 5.93. The Hall–Kier alpha value is -3.00. The predicted molar refractivity (Wildman–Crippen MR) is 113 cm³/mol. The number of aliphatic hydroxyl groups is 2. The van der Waals surface area contributed by atoms with Crippen LogP contribution in [0.3, 0.4) is 0 Å². The summed E-state index contributed by atoms with van der Waals surface area (Å²) in [5.74, 6) is 0.495. The van der Waals surface area contributed by atoms with E-state index in [0.717, 1.165) is 22.4 Å². The summed E-state index contributed by atoms with van der Waals surface area (Å²) in [5.41, 5.74) is 2.26. The maximum Gasteiger partial charge on any atom is 0.224 e. The van der Waals surface area contributed by atoms with Crippen LogP contribution < -0.4 is 10.1 Å². The SMILES string of the molecule is O=C1CCc2cc([C@@H](O)CN3CC4=CC(Oc5cccc(F)c5)=C[C@]4(O)C3)ccc2N1. The Labute approximate surface area is 179 Å². The molecule has 31 heavy (non-hydrogen) atoms.